The second kappa shape index (κ2) is 5.74. The van der Waals surface area contributed by atoms with E-state index < -0.39 is 8.24 Å². The fraction of sp³-hybridized carbons (Fsp3) is 0.556. The van der Waals surface area contributed by atoms with Gasteiger partial charge >= 0.3 is 0 Å². The SMILES string of the molecule is CN(C)CCc1cn([Si](C)(C)C(C)(C)C)c2cccc(O)c12. The molecule has 0 saturated carbocycles. The van der Waals surface area contributed by atoms with Crippen LogP contribution in [-0.2, 0) is 6.42 Å². The lowest BCUT2D eigenvalue weighted by atomic mass is 10.1. The Morgan fingerprint density at radius 3 is 2.36 bits per heavy atom. The Morgan fingerprint density at radius 1 is 1.18 bits per heavy atom. The minimum Gasteiger partial charge on any atom is -0.507 e. The second-order valence-electron chi connectivity index (χ2n) is 8.06. The lowest BCUT2D eigenvalue weighted by molar-refractivity contribution is 0.414. The molecule has 0 aliphatic heterocycles. The summed E-state index contributed by atoms with van der Waals surface area (Å²) >= 11 is 0. The average Bonchev–Trinajstić information content (AvgIpc) is 2.75. The largest absolute Gasteiger partial charge is 0.507 e. The van der Waals surface area contributed by atoms with Crippen LogP contribution < -0.4 is 0 Å². The van der Waals surface area contributed by atoms with Gasteiger partial charge in [-0.2, -0.15) is 0 Å². The minimum atomic E-state index is -1.71. The summed E-state index contributed by atoms with van der Waals surface area (Å²) in [5.41, 5.74) is 2.44. The van der Waals surface area contributed by atoms with E-state index in [1.165, 1.54) is 11.1 Å². The molecule has 4 heteroatoms. The maximum Gasteiger partial charge on any atom is 0.161 e. The molecule has 1 heterocycles. The first-order valence-electron chi connectivity index (χ1n) is 8.03. The smallest absolute Gasteiger partial charge is 0.161 e. The molecule has 0 aliphatic rings. The summed E-state index contributed by atoms with van der Waals surface area (Å²) < 4.78 is 2.48. The van der Waals surface area contributed by atoms with Crippen LogP contribution in [0.15, 0.2) is 24.4 Å². The van der Waals surface area contributed by atoms with Gasteiger partial charge in [-0.1, -0.05) is 39.9 Å². The molecule has 122 valence electrons. The molecule has 0 bridgehead atoms. The molecule has 1 aromatic heterocycles. The fourth-order valence-electron chi connectivity index (χ4n) is 2.71. The summed E-state index contributed by atoms with van der Waals surface area (Å²) in [5.74, 6) is 0.406. The fourth-order valence-corrected chi connectivity index (χ4v) is 4.70. The zero-order valence-electron chi connectivity index (χ0n) is 15.1. The molecule has 3 nitrogen and oxygen atoms in total. The van der Waals surface area contributed by atoms with Crippen molar-refractivity contribution in [3.63, 3.8) is 0 Å². The Hall–Kier alpha value is -1.26. The van der Waals surface area contributed by atoms with Crippen molar-refractivity contribution in [3.8, 4) is 5.75 Å². The Balaban J connectivity index is 2.64. The monoisotopic (exact) mass is 318 g/mol. The number of rotatable bonds is 4. The van der Waals surface area contributed by atoms with Crippen molar-refractivity contribution < 1.29 is 5.11 Å². The molecule has 0 unspecified atom stereocenters. The molecule has 0 saturated heterocycles. The normalized spacial score (nSPS) is 13.3. The average molecular weight is 319 g/mol. The number of hydrogen-bond acceptors (Lipinski definition) is 2. The van der Waals surface area contributed by atoms with Gasteiger partial charge in [0.25, 0.3) is 0 Å². The van der Waals surface area contributed by atoms with E-state index in [0.29, 0.717) is 5.75 Å². The minimum absolute atomic E-state index is 0.253. The molecule has 1 N–H and O–H groups in total. The number of aromatic hydroxyl groups is 1. The maximum atomic E-state index is 10.4. The summed E-state index contributed by atoms with van der Waals surface area (Å²) in [6, 6.07) is 5.91. The van der Waals surface area contributed by atoms with E-state index in [-0.39, 0.29) is 5.04 Å². The van der Waals surface area contributed by atoms with Gasteiger partial charge < -0.3 is 14.2 Å². The Kier molecular flexibility index (Phi) is 4.46. The number of aromatic nitrogens is 1. The van der Waals surface area contributed by atoms with Crippen LogP contribution >= 0.6 is 0 Å². The number of hydrogen-bond donors (Lipinski definition) is 1. The van der Waals surface area contributed by atoms with Crippen LogP contribution in [0.25, 0.3) is 10.9 Å². The molecule has 22 heavy (non-hydrogen) atoms. The number of phenols is 1. The van der Waals surface area contributed by atoms with E-state index in [0.717, 1.165) is 18.4 Å². The number of nitrogens with zero attached hydrogens (tertiary/aromatic N) is 2. The number of likely N-dealkylation sites (N-methyl/N-ethyl adjacent to an activating group) is 1. The number of fused-ring (bicyclic) bond motifs is 1. The van der Waals surface area contributed by atoms with E-state index in [2.05, 4.69) is 69.4 Å². The summed E-state index contributed by atoms with van der Waals surface area (Å²) in [4.78, 5) is 2.19. The van der Waals surface area contributed by atoms with Gasteiger partial charge in [0.05, 0.1) is 0 Å². The van der Waals surface area contributed by atoms with Crippen LogP contribution in [0.2, 0.25) is 18.1 Å². The van der Waals surface area contributed by atoms with Crippen molar-refractivity contribution in [3.05, 3.63) is 30.0 Å². The number of phenolic OH excluding ortho intramolecular Hbond substituents is 1. The first-order valence-corrected chi connectivity index (χ1v) is 11.0. The first-order chi connectivity index (χ1) is 10.1. The molecule has 0 radical (unpaired) electrons. The van der Waals surface area contributed by atoms with E-state index in [4.69, 9.17) is 0 Å². The third-order valence-corrected chi connectivity index (χ3v) is 10.4. The summed E-state index contributed by atoms with van der Waals surface area (Å²) in [6.45, 7) is 12.8. The molecule has 2 rings (SSSR count). The lowest BCUT2D eigenvalue weighted by Gasteiger charge is -2.38. The highest BCUT2D eigenvalue weighted by atomic mass is 28.3. The van der Waals surface area contributed by atoms with Crippen molar-refractivity contribution in [1.29, 1.82) is 0 Å². The second-order valence-corrected chi connectivity index (χ2v) is 13.2. The van der Waals surface area contributed by atoms with Crippen LogP contribution in [0.3, 0.4) is 0 Å². The molecular formula is C18H30N2OSi. The van der Waals surface area contributed by atoms with Gasteiger partial charge in [-0.15, -0.1) is 0 Å². The summed E-state index contributed by atoms with van der Waals surface area (Å²) in [7, 11) is 2.47. The molecular weight excluding hydrogens is 288 g/mol. The van der Waals surface area contributed by atoms with Crippen LogP contribution in [-0.4, -0.2) is 43.1 Å². The summed E-state index contributed by atoms with van der Waals surface area (Å²) in [5, 5.41) is 11.7. The molecule has 0 amide bonds. The molecule has 0 fully saturated rings. The summed E-state index contributed by atoms with van der Waals surface area (Å²) in [6.07, 6.45) is 3.26. The van der Waals surface area contributed by atoms with Crippen LogP contribution in [0.4, 0.5) is 0 Å². The number of benzene rings is 1. The maximum absolute atomic E-state index is 10.4. The highest BCUT2D eigenvalue weighted by molar-refractivity contribution is 6.79. The Labute approximate surface area is 135 Å². The van der Waals surface area contributed by atoms with Crippen molar-refractivity contribution in [2.24, 2.45) is 0 Å². The third kappa shape index (κ3) is 2.95. The van der Waals surface area contributed by atoms with Gasteiger partial charge in [-0.05, 0) is 49.4 Å². The van der Waals surface area contributed by atoms with Gasteiger partial charge in [-0.25, -0.2) is 0 Å². The van der Waals surface area contributed by atoms with Crippen LogP contribution in [0, 0.1) is 0 Å². The van der Waals surface area contributed by atoms with Gasteiger partial charge in [0.1, 0.15) is 5.75 Å². The topological polar surface area (TPSA) is 28.4 Å². The predicted octanol–water partition coefficient (Wildman–Crippen LogP) is 4.30. The third-order valence-electron chi connectivity index (χ3n) is 5.15. The molecule has 0 aliphatic carbocycles. The molecule has 2 aromatic rings. The standard InChI is InChI=1S/C18H30N2OSi/c1-18(2,3)22(6,7)20-13-14(11-12-19(4)5)17-15(20)9-8-10-16(17)21/h8-10,13,21H,11-12H2,1-7H3. The van der Waals surface area contributed by atoms with E-state index in [9.17, 15) is 5.11 Å². The van der Waals surface area contributed by atoms with Crippen molar-refractivity contribution in [1.82, 2.24) is 9.13 Å². The zero-order chi connectivity index (χ0) is 16.7. The lowest BCUT2D eigenvalue weighted by Crippen LogP contribution is -2.44. The molecule has 1 aromatic carbocycles. The zero-order valence-corrected chi connectivity index (χ0v) is 16.1. The van der Waals surface area contributed by atoms with Crippen molar-refractivity contribution >= 4 is 19.1 Å². The van der Waals surface area contributed by atoms with Crippen molar-refractivity contribution in [2.75, 3.05) is 20.6 Å². The highest BCUT2D eigenvalue weighted by Crippen LogP contribution is 2.41. The molecule has 0 spiro atoms. The Bertz CT molecular complexity index is 666. The van der Waals surface area contributed by atoms with Gasteiger partial charge in [-0.3, -0.25) is 0 Å². The van der Waals surface area contributed by atoms with E-state index >= 15 is 0 Å². The predicted molar refractivity (Wildman–Crippen MR) is 98.5 cm³/mol. The van der Waals surface area contributed by atoms with E-state index in [1.807, 2.05) is 6.07 Å². The van der Waals surface area contributed by atoms with Gasteiger partial charge in [0, 0.05) is 17.4 Å². The molecule has 0 atom stereocenters. The first kappa shape index (κ1) is 17.1. The quantitative estimate of drug-likeness (QED) is 0.851. The van der Waals surface area contributed by atoms with Crippen molar-refractivity contribution in [2.45, 2.75) is 45.3 Å². The van der Waals surface area contributed by atoms with Crippen LogP contribution in [0.5, 0.6) is 5.75 Å². The van der Waals surface area contributed by atoms with E-state index in [1.54, 1.807) is 6.07 Å². The van der Waals surface area contributed by atoms with Gasteiger partial charge in [0.15, 0.2) is 8.24 Å². The highest BCUT2D eigenvalue weighted by Gasteiger charge is 2.38. The Morgan fingerprint density at radius 2 is 1.82 bits per heavy atom. The van der Waals surface area contributed by atoms with Crippen LogP contribution in [0.1, 0.15) is 26.3 Å². The van der Waals surface area contributed by atoms with Gasteiger partial charge in [0.2, 0.25) is 0 Å².